The van der Waals surface area contributed by atoms with Crippen LogP contribution in [0.25, 0.3) is 0 Å². The van der Waals surface area contributed by atoms with E-state index in [1.165, 1.54) is 0 Å². The molecule has 7 heteroatoms. The van der Waals surface area contributed by atoms with Crippen molar-refractivity contribution in [2.45, 2.75) is 31.5 Å². The first-order valence-corrected chi connectivity index (χ1v) is 7.87. The minimum atomic E-state index is -0.491. The number of hydrogen-bond acceptors (Lipinski definition) is 5. The zero-order valence-corrected chi connectivity index (χ0v) is 13.4. The first-order chi connectivity index (χ1) is 11.1. The fourth-order valence-corrected chi connectivity index (χ4v) is 2.44. The van der Waals surface area contributed by atoms with E-state index in [9.17, 15) is 9.59 Å². The Morgan fingerprint density at radius 1 is 1.43 bits per heavy atom. The first kappa shape index (κ1) is 17.4. The van der Waals surface area contributed by atoms with Gasteiger partial charge in [-0.2, -0.15) is 0 Å². The van der Waals surface area contributed by atoms with Gasteiger partial charge in [-0.05, 0) is 25.0 Å². The van der Waals surface area contributed by atoms with E-state index in [2.05, 4.69) is 10.3 Å². The second-order valence-corrected chi connectivity index (χ2v) is 5.66. The van der Waals surface area contributed by atoms with Crippen LogP contribution in [0.1, 0.15) is 18.5 Å². The fraction of sp³-hybridized carbons (Fsp3) is 0.562. The van der Waals surface area contributed by atoms with E-state index in [0.717, 1.165) is 12.1 Å². The van der Waals surface area contributed by atoms with Gasteiger partial charge in [0.05, 0.1) is 12.6 Å². The van der Waals surface area contributed by atoms with Crippen molar-refractivity contribution in [3.05, 3.63) is 30.1 Å². The van der Waals surface area contributed by atoms with E-state index in [1.54, 1.807) is 18.1 Å². The predicted octanol–water partition coefficient (Wildman–Crippen LogP) is -0.295. The molecule has 0 saturated carbocycles. The Labute approximate surface area is 136 Å². The van der Waals surface area contributed by atoms with Crippen molar-refractivity contribution in [3.8, 4) is 0 Å². The van der Waals surface area contributed by atoms with Gasteiger partial charge in [-0.25, -0.2) is 0 Å². The summed E-state index contributed by atoms with van der Waals surface area (Å²) in [6, 6.07) is 5.69. The molecule has 2 atom stereocenters. The summed E-state index contributed by atoms with van der Waals surface area (Å²) in [6.45, 7) is 0.949. The average Bonchev–Trinajstić information content (AvgIpc) is 3.07. The Hall–Kier alpha value is -1.99. The molecule has 2 heterocycles. The molecule has 0 bridgehead atoms. The number of pyridine rings is 1. The monoisotopic (exact) mass is 320 g/mol. The van der Waals surface area contributed by atoms with Crippen LogP contribution in [0.5, 0.6) is 0 Å². The van der Waals surface area contributed by atoms with Gasteiger partial charge in [-0.15, -0.1) is 0 Å². The molecule has 23 heavy (non-hydrogen) atoms. The van der Waals surface area contributed by atoms with Crippen molar-refractivity contribution in [1.82, 2.24) is 15.2 Å². The number of likely N-dealkylation sites (N-methyl/N-ethyl adjacent to an activating group) is 1. The summed E-state index contributed by atoms with van der Waals surface area (Å²) in [5, 5.41) is 2.64. The van der Waals surface area contributed by atoms with Gasteiger partial charge in [0.2, 0.25) is 11.8 Å². The molecule has 1 fully saturated rings. The highest BCUT2D eigenvalue weighted by atomic mass is 16.5. The van der Waals surface area contributed by atoms with Gasteiger partial charge in [0.1, 0.15) is 6.10 Å². The molecule has 1 aliphatic rings. The van der Waals surface area contributed by atoms with E-state index < -0.39 is 6.10 Å². The number of rotatable bonds is 7. The minimum Gasteiger partial charge on any atom is -0.364 e. The van der Waals surface area contributed by atoms with Gasteiger partial charge < -0.3 is 20.7 Å². The Kier molecular flexibility index (Phi) is 6.49. The molecule has 0 aliphatic carbocycles. The van der Waals surface area contributed by atoms with Crippen LogP contribution in [0.15, 0.2) is 24.4 Å². The minimum absolute atomic E-state index is 0.0231. The van der Waals surface area contributed by atoms with Crippen LogP contribution in [0, 0.1) is 0 Å². The molecule has 0 unspecified atom stereocenters. The predicted molar refractivity (Wildman–Crippen MR) is 85.5 cm³/mol. The molecule has 1 saturated heterocycles. The highest BCUT2D eigenvalue weighted by Gasteiger charge is 2.29. The maximum atomic E-state index is 12.0. The lowest BCUT2D eigenvalue weighted by atomic mass is 10.2. The normalized spacial score (nSPS) is 20.3. The molecule has 1 aromatic rings. The van der Waals surface area contributed by atoms with E-state index in [4.69, 9.17) is 10.5 Å². The van der Waals surface area contributed by atoms with Gasteiger partial charge in [0.15, 0.2) is 0 Å². The van der Waals surface area contributed by atoms with Crippen molar-refractivity contribution in [2.24, 2.45) is 5.73 Å². The van der Waals surface area contributed by atoms with Crippen LogP contribution in [-0.2, 0) is 20.7 Å². The van der Waals surface area contributed by atoms with E-state index >= 15 is 0 Å². The number of amides is 2. The summed E-state index contributed by atoms with van der Waals surface area (Å²) >= 11 is 0. The number of carbonyl (C=O) groups excluding carboxylic acids is 2. The lowest BCUT2D eigenvalue weighted by Crippen LogP contribution is -2.42. The summed E-state index contributed by atoms with van der Waals surface area (Å²) in [7, 11) is 1.72. The quantitative estimate of drug-likeness (QED) is 0.719. The maximum absolute atomic E-state index is 12.0. The van der Waals surface area contributed by atoms with Crippen LogP contribution in [0.4, 0.5) is 0 Å². The smallest absolute Gasteiger partial charge is 0.249 e. The summed E-state index contributed by atoms with van der Waals surface area (Å²) < 4.78 is 5.50. The summed E-state index contributed by atoms with van der Waals surface area (Å²) in [6.07, 6.45) is 3.30. The van der Waals surface area contributed by atoms with Gasteiger partial charge in [0.25, 0.3) is 0 Å². The number of ether oxygens (including phenoxy) is 1. The number of carbonyl (C=O) groups is 2. The Morgan fingerprint density at radius 3 is 2.91 bits per heavy atom. The number of hydrogen-bond donors (Lipinski definition) is 2. The molecular formula is C16H24N4O3. The number of nitrogens with zero attached hydrogens (tertiary/aromatic N) is 2. The zero-order chi connectivity index (χ0) is 16.7. The molecule has 0 radical (unpaired) electrons. The fourth-order valence-electron chi connectivity index (χ4n) is 2.44. The SMILES string of the molecule is CN(CCc1ccccn1)C(=O)CNC(=O)[C@@H]1CC[C@H](CN)O1. The Morgan fingerprint density at radius 2 is 2.26 bits per heavy atom. The number of nitrogens with two attached hydrogens (primary N) is 1. The van der Waals surface area contributed by atoms with Crippen molar-refractivity contribution in [1.29, 1.82) is 0 Å². The molecule has 1 aromatic heterocycles. The molecule has 0 spiro atoms. The zero-order valence-electron chi connectivity index (χ0n) is 13.4. The number of nitrogens with one attached hydrogen (secondary N) is 1. The van der Waals surface area contributed by atoms with Crippen molar-refractivity contribution in [3.63, 3.8) is 0 Å². The first-order valence-electron chi connectivity index (χ1n) is 7.87. The van der Waals surface area contributed by atoms with Gasteiger partial charge in [-0.1, -0.05) is 6.07 Å². The lowest BCUT2D eigenvalue weighted by Gasteiger charge is -2.18. The van der Waals surface area contributed by atoms with Crippen LogP contribution in [0.3, 0.4) is 0 Å². The molecule has 0 aromatic carbocycles. The highest BCUT2D eigenvalue weighted by molar-refractivity contribution is 5.87. The second-order valence-electron chi connectivity index (χ2n) is 5.66. The molecule has 1 aliphatic heterocycles. The average molecular weight is 320 g/mol. The van der Waals surface area contributed by atoms with E-state index in [-0.39, 0.29) is 24.5 Å². The third-order valence-corrected chi connectivity index (χ3v) is 3.93. The standard InChI is InChI=1S/C16H24N4O3/c1-20(9-7-12-4-2-3-8-18-12)15(21)11-19-16(22)14-6-5-13(10-17)23-14/h2-4,8,13-14H,5-7,9-11,17H2,1H3,(H,19,22)/t13-,14+/m1/s1. The number of aromatic nitrogens is 1. The van der Waals surface area contributed by atoms with Gasteiger partial charge in [-0.3, -0.25) is 14.6 Å². The lowest BCUT2D eigenvalue weighted by molar-refractivity contribution is -0.136. The largest absolute Gasteiger partial charge is 0.364 e. The Balaban J connectivity index is 1.68. The third-order valence-electron chi connectivity index (χ3n) is 3.93. The second kappa shape index (κ2) is 8.59. The topological polar surface area (TPSA) is 97.6 Å². The van der Waals surface area contributed by atoms with Crippen LogP contribution in [-0.4, -0.2) is 60.6 Å². The summed E-state index contributed by atoms with van der Waals surface area (Å²) in [5.74, 6) is -0.380. The summed E-state index contributed by atoms with van der Waals surface area (Å²) in [4.78, 5) is 29.8. The molecule has 2 rings (SSSR count). The van der Waals surface area contributed by atoms with Crippen LogP contribution in [0.2, 0.25) is 0 Å². The van der Waals surface area contributed by atoms with Gasteiger partial charge in [0, 0.05) is 38.4 Å². The van der Waals surface area contributed by atoms with Crippen molar-refractivity contribution in [2.75, 3.05) is 26.7 Å². The molecule has 7 nitrogen and oxygen atoms in total. The highest BCUT2D eigenvalue weighted by Crippen LogP contribution is 2.18. The molecule has 3 N–H and O–H groups in total. The van der Waals surface area contributed by atoms with Crippen molar-refractivity contribution >= 4 is 11.8 Å². The molecule has 126 valence electrons. The molecule has 2 amide bonds. The van der Waals surface area contributed by atoms with Crippen LogP contribution >= 0.6 is 0 Å². The van der Waals surface area contributed by atoms with Gasteiger partial charge >= 0.3 is 0 Å². The van der Waals surface area contributed by atoms with E-state index in [0.29, 0.717) is 25.9 Å². The van der Waals surface area contributed by atoms with E-state index in [1.807, 2.05) is 18.2 Å². The summed E-state index contributed by atoms with van der Waals surface area (Å²) in [5.41, 5.74) is 6.45. The Bertz CT molecular complexity index is 523. The molecular weight excluding hydrogens is 296 g/mol. The maximum Gasteiger partial charge on any atom is 0.249 e. The van der Waals surface area contributed by atoms with Crippen LogP contribution < -0.4 is 11.1 Å². The third kappa shape index (κ3) is 5.30. The van der Waals surface area contributed by atoms with Crippen molar-refractivity contribution < 1.29 is 14.3 Å².